The Bertz CT molecular complexity index is 294. The maximum absolute atomic E-state index is 11.1. The highest BCUT2D eigenvalue weighted by atomic mass is 32.2. The Labute approximate surface area is 76.3 Å². The molecule has 13 heavy (non-hydrogen) atoms. The number of hydrogen-bond acceptors (Lipinski definition) is 4. The number of carboxylic acids is 1. The van der Waals surface area contributed by atoms with E-state index in [1.165, 1.54) is 0 Å². The minimum absolute atomic E-state index is 0.0119. The third-order valence-corrected chi connectivity index (χ3v) is 4.08. The van der Waals surface area contributed by atoms with Crippen LogP contribution in [0.2, 0.25) is 0 Å². The second kappa shape index (κ2) is 3.63. The molecule has 1 saturated heterocycles. The van der Waals surface area contributed by atoms with Crippen LogP contribution in [0.3, 0.4) is 0 Å². The van der Waals surface area contributed by atoms with Crippen LogP contribution in [0.15, 0.2) is 0 Å². The van der Waals surface area contributed by atoms with Crippen molar-refractivity contribution in [1.82, 2.24) is 0 Å². The van der Waals surface area contributed by atoms with Gasteiger partial charge < -0.3 is 10.2 Å². The Morgan fingerprint density at radius 2 is 2.08 bits per heavy atom. The monoisotopic (exact) mass is 208 g/mol. The zero-order valence-corrected chi connectivity index (χ0v) is 7.83. The van der Waals surface area contributed by atoms with Crippen molar-refractivity contribution in [1.29, 1.82) is 0 Å². The molecular weight excluding hydrogens is 196 g/mol. The Kier molecular flexibility index (Phi) is 2.92. The second-order valence-corrected chi connectivity index (χ2v) is 5.52. The van der Waals surface area contributed by atoms with Crippen molar-refractivity contribution in [2.75, 3.05) is 18.1 Å². The van der Waals surface area contributed by atoms with Crippen LogP contribution in [-0.4, -0.2) is 42.7 Å². The summed E-state index contributed by atoms with van der Waals surface area (Å²) in [7, 11) is -3.21. The molecule has 1 rings (SSSR count). The van der Waals surface area contributed by atoms with Gasteiger partial charge in [-0.25, -0.2) is 8.42 Å². The van der Waals surface area contributed by atoms with Crippen LogP contribution in [0.5, 0.6) is 0 Å². The van der Waals surface area contributed by atoms with Crippen molar-refractivity contribution in [3.8, 4) is 0 Å². The van der Waals surface area contributed by atoms with E-state index in [9.17, 15) is 13.2 Å². The van der Waals surface area contributed by atoms with Crippen LogP contribution in [0, 0.1) is 11.8 Å². The normalized spacial score (nSPS) is 32.7. The Morgan fingerprint density at radius 3 is 2.54 bits per heavy atom. The van der Waals surface area contributed by atoms with E-state index in [0.29, 0.717) is 0 Å². The summed E-state index contributed by atoms with van der Waals surface area (Å²) in [6.45, 7) is -0.257. The van der Waals surface area contributed by atoms with Gasteiger partial charge in [-0.05, 0) is 12.3 Å². The fraction of sp³-hybridized carbons (Fsp3) is 0.857. The minimum atomic E-state index is -3.21. The predicted octanol–water partition coefficient (Wildman–Crippen LogP) is -0.886. The molecule has 0 aromatic heterocycles. The first kappa shape index (κ1) is 10.5. The number of carboxylic acid groups (broad SMARTS) is 1. The minimum Gasteiger partial charge on any atom is -0.481 e. The standard InChI is InChI=1S/C7H12O5S/c8-3-5-1-2-13(11,12)4-6(5)7(9)10/h5-6,8H,1-4H2,(H,9,10). The van der Waals surface area contributed by atoms with E-state index in [1.54, 1.807) is 0 Å². The second-order valence-electron chi connectivity index (χ2n) is 3.29. The van der Waals surface area contributed by atoms with Crippen molar-refractivity contribution >= 4 is 15.8 Å². The van der Waals surface area contributed by atoms with Crippen LogP contribution < -0.4 is 0 Å². The number of rotatable bonds is 2. The molecule has 0 amide bonds. The largest absolute Gasteiger partial charge is 0.481 e. The molecule has 0 bridgehead atoms. The quantitative estimate of drug-likeness (QED) is 0.614. The van der Waals surface area contributed by atoms with E-state index in [-0.39, 0.29) is 24.5 Å². The summed E-state index contributed by atoms with van der Waals surface area (Å²) >= 11 is 0. The van der Waals surface area contributed by atoms with Gasteiger partial charge in [0.25, 0.3) is 0 Å². The lowest BCUT2D eigenvalue weighted by Crippen LogP contribution is -2.39. The van der Waals surface area contributed by atoms with Crippen LogP contribution in [0.25, 0.3) is 0 Å². The van der Waals surface area contributed by atoms with Gasteiger partial charge >= 0.3 is 5.97 Å². The van der Waals surface area contributed by atoms with Crippen molar-refractivity contribution in [3.63, 3.8) is 0 Å². The van der Waals surface area contributed by atoms with Crippen LogP contribution in [0.4, 0.5) is 0 Å². The van der Waals surface area contributed by atoms with Gasteiger partial charge in [0.2, 0.25) is 0 Å². The lowest BCUT2D eigenvalue weighted by molar-refractivity contribution is -0.143. The molecule has 1 fully saturated rings. The first-order valence-electron chi connectivity index (χ1n) is 4.00. The molecular formula is C7H12O5S. The summed E-state index contributed by atoms with van der Waals surface area (Å²) in [5, 5.41) is 17.5. The van der Waals surface area contributed by atoms with Gasteiger partial charge in [0, 0.05) is 6.61 Å². The van der Waals surface area contributed by atoms with Crippen LogP contribution in [0.1, 0.15) is 6.42 Å². The third-order valence-electron chi connectivity index (χ3n) is 2.35. The summed E-state index contributed by atoms with van der Waals surface area (Å²) in [6, 6.07) is 0. The van der Waals surface area contributed by atoms with Crippen LogP contribution >= 0.6 is 0 Å². The van der Waals surface area contributed by atoms with E-state index in [1.807, 2.05) is 0 Å². The predicted molar refractivity (Wildman–Crippen MR) is 45.0 cm³/mol. The third kappa shape index (κ3) is 2.41. The lowest BCUT2D eigenvalue weighted by Gasteiger charge is -2.26. The van der Waals surface area contributed by atoms with Gasteiger partial charge in [0.05, 0.1) is 17.4 Å². The number of sulfone groups is 1. The van der Waals surface area contributed by atoms with E-state index < -0.39 is 27.6 Å². The maximum Gasteiger partial charge on any atom is 0.307 e. The molecule has 1 aliphatic heterocycles. The molecule has 0 aromatic rings. The SMILES string of the molecule is O=C(O)C1CS(=O)(=O)CCC1CO. The highest BCUT2D eigenvalue weighted by Gasteiger charge is 2.37. The maximum atomic E-state index is 11.1. The van der Waals surface area contributed by atoms with Crippen molar-refractivity contribution in [3.05, 3.63) is 0 Å². The molecule has 1 aliphatic rings. The van der Waals surface area contributed by atoms with Gasteiger partial charge in [-0.3, -0.25) is 4.79 Å². The summed E-state index contributed by atoms with van der Waals surface area (Å²) in [6.07, 6.45) is 0.246. The average Bonchev–Trinajstić information content (AvgIpc) is 2.03. The molecule has 2 unspecified atom stereocenters. The van der Waals surface area contributed by atoms with Crippen molar-refractivity contribution in [2.24, 2.45) is 11.8 Å². The van der Waals surface area contributed by atoms with E-state index >= 15 is 0 Å². The number of aliphatic carboxylic acids is 1. The zero-order valence-electron chi connectivity index (χ0n) is 7.01. The molecule has 0 spiro atoms. The molecule has 2 N–H and O–H groups in total. The molecule has 0 saturated carbocycles. The summed E-state index contributed by atoms with van der Waals surface area (Å²) in [5.41, 5.74) is 0. The summed E-state index contributed by atoms with van der Waals surface area (Å²) in [4.78, 5) is 10.6. The Hall–Kier alpha value is -0.620. The molecule has 2 atom stereocenters. The van der Waals surface area contributed by atoms with Gasteiger partial charge in [-0.1, -0.05) is 0 Å². The van der Waals surface area contributed by atoms with E-state index in [4.69, 9.17) is 10.2 Å². The number of aliphatic hydroxyl groups excluding tert-OH is 1. The van der Waals surface area contributed by atoms with Gasteiger partial charge in [-0.15, -0.1) is 0 Å². The molecule has 0 aliphatic carbocycles. The molecule has 0 aromatic carbocycles. The topological polar surface area (TPSA) is 91.7 Å². The highest BCUT2D eigenvalue weighted by Crippen LogP contribution is 2.24. The van der Waals surface area contributed by atoms with E-state index in [2.05, 4.69) is 0 Å². The average molecular weight is 208 g/mol. The van der Waals surface area contributed by atoms with E-state index in [0.717, 1.165) is 0 Å². The summed E-state index contributed by atoms with van der Waals surface area (Å²) < 4.78 is 22.2. The first-order valence-corrected chi connectivity index (χ1v) is 5.82. The van der Waals surface area contributed by atoms with Crippen LogP contribution in [-0.2, 0) is 14.6 Å². The highest BCUT2D eigenvalue weighted by molar-refractivity contribution is 7.91. The first-order chi connectivity index (χ1) is 5.96. The molecule has 1 heterocycles. The Morgan fingerprint density at radius 1 is 1.46 bits per heavy atom. The fourth-order valence-electron chi connectivity index (χ4n) is 1.52. The van der Waals surface area contributed by atoms with Crippen molar-refractivity contribution < 1.29 is 23.4 Å². The Balaban J connectivity index is 2.80. The zero-order chi connectivity index (χ0) is 10.1. The molecule has 76 valence electrons. The van der Waals surface area contributed by atoms with Gasteiger partial charge in [-0.2, -0.15) is 0 Å². The smallest absolute Gasteiger partial charge is 0.307 e. The number of hydrogen-bond donors (Lipinski definition) is 2. The molecule has 5 nitrogen and oxygen atoms in total. The fourth-order valence-corrected chi connectivity index (χ4v) is 3.31. The molecule has 6 heteroatoms. The number of aliphatic hydroxyl groups is 1. The molecule has 0 radical (unpaired) electrons. The van der Waals surface area contributed by atoms with Gasteiger partial charge in [0.15, 0.2) is 9.84 Å². The van der Waals surface area contributed by atoms with Crippen molar-refractivity contribution in [2.45, 2.75) is 6.42 Å². The lowest BCUT2D eigenvalue weighted by atomic mass is 9.92. The van der Waals surface area contributed by atoms with Gasteiger partial charge in [0.1, 0.15) is 0 Å². The summed E-state index contributed by atoms with van der Waals surface area (Å²) in [5.74, 6) is -2.85. The number of carbonyl (C=O) groups is 1.